The number of anilines is 1. The third-order valence-corrected chi connectivity index (χ3v) is 4.86. The van der Waals surface area contributed by atoms with Gasteiger partial charge in [0, 0.05) is 35.1 Å². The quantitative estimate of drug-likeness (QED) is 0.781. The van der Waals surface area contributed by atoms with E-state index in [9.17, 15) is 4.79 Å². The van der Waals surface area contributed by atoms with E-state index in [-0.39, 0.29) is 12.0 Å². The highest BCUT2D eigenvalue weighted by Gasteiger charge is 2.31. The molecule has 132 valence electrons. The molecule has 0 unspecified atom stereocenters. The van der Waals surface area contributed by atoms with E-state index in [0.29, 0.717) is 32.8 Å². The maximum absolute atomic E-state index is 12.5. The van der Waals surface area contributed by atoms with Crippen LogP contribution < -0.4 is 4.90 Å². The van der Waals surface area contributed by atoms with Crippen LogP contribution in [0.15, 0.2) is 36.8 Å². The number of ether oxygens (including phenoxy) is 2. The normalized spacial score (nSPS) is 19.9. The summed E-state index contributed by atoms with van der Waals surface area (Å²) in [5, 5.41) is 1.05. The lowest BCUT2D eigenvalue weighted by Gasteiger charge is -2.27. The van der Waals surface area contributed by atoms with Crippen molar-refractivity contribution in [3.63, 3.8) is 0 Å². The van der Waals surface area contributed by atoms with Gasteiger partial charge in [0.2, 0.25) is 5.91 Å². The van der Waals surface area contributed by atoms with Gasteiger partial charge < -0.3 is 19.4 Å². The zero-order chi connectivity index (χ0) is 17.5. The van der Waals surface area contributed by atoms with Crippen molar-refractivity contribution >= 4 is 22.6 Å². The molecule has 3 aromatic rings. The smallest absolute Gasteiger partial charge is 0.233 e. The summed E-state index contributed by atoms with van der Waals surface area (Å²) in [6.07, 6.45) is 5.74. The molecule has 1 saturated heterocycles. The molecular weight excluding hydrogens is 332 g/mol. The first-order valence-corrected chi connectivity index (χ1v) is 8.70. The lowest BCUT2D eigenvalue weighted by molar-refractivity contribution is -0.119. The molecule has 1 atom stereocenters. The monoisotopic (exact) mass is 350 g/mol. The van der Waals surface area contributed by atoms with Crippen molar-refractivity contribution in [1.29, 1.82) is 0 Å². The van der Waals surface area contributed by atoms with Crippen molar-refractivity contribution in [3.05, 3.63) is 42.5 Å². The molecule has 0 aliphatic carbocycles. The number of nitrogens with zero attached hydrogens (tertiary/aromatic N) is 3. The lowest BCUT2D eigenvalue weighted by atomic mass is 10.1. The number of aromatic nitrogens is 3. The number of pyridine rings is 2. The molecular formula is C19H18N4O3. The zero-order valence-electron chi connectivity index (χ0n) is 14.1. The summed E-state index contributed by atoms with van der Waals surface area (Å²) in [6, 6.07) is 6.08. The van der Waals surface area contributed by atoms with Gasteiger partial charge in [0.25, 0.3) is 0 Å². The molecule has 0 aromatic carbocycles. The van der Waals surface area contributed by atoms with Crippen LogP contribution in [0.4, 0.5) is 5.69 Å². The molecule has 0 bridgehead atoms. The summed E-state index contributed by atoms with van der Waals surface area (Å²) in [5.74, 6) is 0.0537. The molecule has 3 aromatic heterocycles. The summed E-state index contributed by atoms with van der Waals surface area (Å²) in [4.78, 5) is 26.3. The highest BCUT2D eigenvalue weighted by Crippen LogP contribution is 2.32. The number of hydrogen-bond acceptors (Lipinski definition) is 5. The molecule has 0 radical (unpaired) electrons. The Morgan fingerprint density at radius 3 is 2.96 bits per heavy atom. The molecule has 5 rings (SSSR count). The third-order valence-electron chi connectivity index (χ3n) is 4.86. The Morgan fingerprint density at radius 2 is 2.08 bits per heavy atom. The Morgan fingerprint density at radius 1 is 1.19 bits per heavy atom. The van der Waals surface area contributed by atoms with Crippen LogP contribution in [0.5, 0.6) is 0 Å². The Hall–Kier alpha value is -2.77. The van der Waals surface area contributed by atoms with Crippen LogP contribution in [0, 0.1) is 0 Å². The minimum atomic E-state index is -0.0971. The van der Waals surface area contributed by atoms with Gasteiger partial charge >= 0.3 is 0 Å². The average Bonchev–Trinajstić information content (AvgIpc) is 3.26. The van der Waals surface area contributed by atoms with Gasteiger partial charge in [0.1, 0.15) is 5.65 Å². The Kier molecular flexibility index (Phi) is 3.69. The number of carbonyl (C=O) groups excluding carboxylic acids is 1. The van der Waals surface area contributed by atoms with Gasteiger partial charge in [0.05, 0.1) is 50.3 Å². The molecule has 0 spiro atoms. The van der Waals surface area contributed by atoms with Gasteiger partial charge in [-0.3, -0.25) is 9.78 Å². The predicted octanol–water partition coefficient (Wildman–Crippen LogP) is 1.93. The fourth-order valence-electron chi connectivity index (χ4n) is 3.53. The van der Waals surface area contributed by atoms with E-state index in [1.807, 2.05) is 30.7 Å². The second kappa shape index (κ2) is 6.19. The van der Waals surface area contributed by atoms with E-state index in [4.69, 9.17) is 9.47 Å². The van der Waals surface area contributed by atoms with Gasteiger partial charge in [-0.1, -0.05) is 0 Å². The van der Waals surface area contributed by atoms with E-state index in [1.165, 1.54) is 0 Å². The van der Waals surface area contributed by atoms with E-state index in [1.54, 1.807) is 4.90 Å². The molecule has 1 amide bonds. The number of carbonyl (C=O) groups is 1. The number of rotatable bonds is 3. The Labute approximate surface area is 150 Å². The fourth-order valence-corrected chi connectivity index (χ4v) is 3.53. The number of aromatic amines is 1. The molecule has 1 fully saturated rings. The second-order valence-corrected chi connectivity index (χ2v) is 6.58. The summed E-state index contributed by atoms with van der Waals surface area (Å²) >= 11 is 0. The van der Waals surface area contributed by atoms with E-state index in [2.05, 4.69) is 21.0 Å². The second-order valence-electron chi connectivity index (χ2n) is 6.58. The minimum absolute atomic E-state index is 0.0537. The highest BCUT2D eigenvalue weighted by atomic mass is 16.6. The van der Waals surface area contributed by atoms with Crippen LogP contribution in [0.2, 0.25) is 0 Å². The highest BCUT2D eigenvalue weighted by molar-refractivity contribution is 6.01. The van der Waals surface area contributed by atoms with Gasteiger partial charge in [0.15, 0.2) is 0 Å². The first-order valence-electron chi connectivity index (χ1n) is 8.70. The largest absolute Gasteiger partial charge is 0.376 e. The Balaban J connectivity index is 1.48. The first kappa shape index (κ1) is 15.5. The molecule has 2 aliphatic heterocycles. The standard InChI is InChI=1S/C19H18N4O3/c24-18-7-16-17(23(18)10-15-11-25-3-4-26-15)6-14(8-21-16)13-5-12-1-2-20-19(12)22-9-13/h1-2,5-6,8-9,15H,3-4,7,10-11H2,(H,20,22)/t15-/m1/s1. The van der Waals surface area contributed by atoms with Crippen molar-refractivity contribution in [2.75, 3.05) is 31.3 Å². The number of hydrogen-bond donors (Lipinski definition) is 1. The van der Waals surface area contributed by atoms with Crippen molar-refractivity contribution in [3.8, 4) is 11.1 Å². The van der Waals surface area contributed by atoms with Crippen molar-refractivity contribution < 1.29 is 14.3 Å². The van der Waals surface area contributed by atoms with Crippen LogP contribution in [0.1, 0.15) is 5.69 Å². The van der Waals surface area contributed by atoms with Gasteiger partial charge in [-0.15, -0.1) is 0 Å². The van der Waals surface area contributed by atoms with Crippen molar-refractivity contribution in [2.24, 2.45) is 0 Å². The van der Waals surface area contributed by atoms with Crippen molar-refractivity contribution in [2.45, 2.75) is 12.5 Å². The van der Waals surface area contributed by atoms with Gasteiger partial charge in [-0.05, 0) is 18.2 Å². The molecule has 7 nitrogen and oxygen atoms in total. The van der Waals surface area contributed by atoms with Crippen molar-refractivity contribution in [1.82, 2.24) is 15.0 Å². The number of amides is 1. The van der Waals surface area contributed by atoms with E-state index >= 15 is 0 Å². The maximum Gasteiger partial charge on any atom is 0.233 e. The molecule has 2 aliphatic rings. The predicted molar refractivity (Wildman–Crippen MR) is 95.9 cm³/mol. The fraction of sp³-hybridized carbons (Fsp3) is 0.316. The van der Waals surface area contributed by atoms with E-state index < -0.39 is 0 Å². The molecule has 26 heavy (non-hydrogen) atoms. The van der Waals surface area contributed by atoms with E-state index in [0.717, 1.165) is 33.5 Å². The summed E-state index contributed by atoms with van der Waals surface area (Å²) in [7, 11) is 0. The summed E-state index contributed by atoms with van der Waals surface area (Å²) < 4.78 is 11.2. The number of H-pyrrole nitrogens is 1. The molecule has 7 heteroatoms. The average molecular weight is 350 g/mol. The summed E-state index contributed by atoms with van der Waals surface area (Å²) in [5.41, 5.74) is 4.44. The van der Waals surface area contributed by atoms with Crippen LogP contribution in [0.3, 0.4) is 0 Å². The van der Waals surface area contributed by atoms with Crippen LogP contribution in [0.25, 0.3) is 22.2 Å². The van der Waals surface area contributed by atoms with Crippen LogP contribution >= 0.6 is 0 Å². The number of nitrogens with one attached hydrogen (secondary N) is 1. The number of fused-ring (bicyclic) bond motifs is 2. The summed E-state index contributed by atoms with van der Waals surface area (Å²) in [6.45, 7) is 2.19. The zero-order valence-corrected chi connectivity index (χ0v) is 14.1. The molecule has 5 heterocycles. The van der Waals surface area contributed by atoms with Crippen LogP contribution in [-0.4, -0.2) is 53.3 Å². The maximum atomic E-state index is 12.5. The molecule has 0 saturated carbocycles. The SMILES string of the molecule is O=C1Cc2ncc(-c3cnc4[nH]ccc4c3)cc2N1C[C@@H]1COCCO1. The van der Waals surface area contributed by atoms with Gasteiger partial charge in [-0.25, -0.2) is 4.98 Å². The van der Waals surface area contributed by atoms with Gasteiger partial charge in [-0.2, -0.15) is 0 Å². The topological polar surface area (TPSA) is 80.3 Å². The Bertz CT molecular complexity index is 978. The minimum Gasteiger partial charge on any atom is -0.376 e. The molecule has 1 N–H and O–H groups in total. The first-order chi connectivity index (χ1) is 12.8. The third kappa shape index (κ3) is 2.65. The lowest BCUT2D eigenvalue weighted by Crippen LogP contribution is -2.41. The van der Waals surface area contributed by atoms with Crippen LogP contribution in [-0.2, 0) is 20.7 Å².